The normalized spacial score (nSPS) is 22.7. The Morgan fingerprint density at radius 1 is 1.27 bits per heavy atom. The van der Waals surface area contributed by atoms with Crippen LogP contribution in [0.5, 0.6) is 5.75 Å². The van der Waals surface area contributed by atoms with E-state index in [0.29, 0.717) is 18.6 Å². The molecule has 2 aromatic carbocycles. The summed E-state index contributed by atoms with van der Waals surface area (Å²) in [6.45, 7) is 2.30. The highest BCUT2D eigenvalue weighted by Crippen LogP contribution is 2.41. The Kier molecular flexibility index (Phi) is 3.50. The summed E-state index contributed by atoms with van der Waals surface area (Å²) in [5, 5.41) is 17.0. The average molecular weight is 375 g/mol. The van der Waals surface area contributed by atoms with Crippen LogP contribution in [-0.4, -0.2) is 23.9 Å². The van der Waals surface area contributed by atoms with E-state index in [4.69, 9.17) is 21.2 Å². The van der Waals surface area contributed by atoms with E-state index >= 15 is 0 Å². The van der Waals surface area contributed by atoms with Gasteiger partial charge in [0.2, 0.25) is 0 Å². The summed E-state index contributed by atoms with van der Waals surface area (Å²) in [6.07, 6.45) is 0.119. The Morgan fingerprint density at radius 2 is 2.12 bits per heavy atom. The van der Waals surface area contributed by atoms with Gasteiger partial charge >= 0.3 is 0 Å². The Labute approximate surface area is 154 Å². The number of nitrogens with zero attached hydrogens (tertiary/aromatic N) is 1. The van der Waals surface area contributed by atoms with E-state index in [9.17, 15) is 9.50 Å². The molecule has 2 aromatic rings. The molecule has 5 rings (SSSR count). The fourth-order valence-electron chi connectivity index (χ4n) is 3.78. The van der Waals surface area contributed by atoms with Crippen molar-refractivity contribution in [2.24, 2.45) is 5.16 Å². The first-order valence-corrected chi connectivity index (χ1v) is 8.83. The molecule has 0 aromatic heterocycles. The van der Waals surface area contributed by atoms with Gasteiger partial charge in [0.15, 0.2) is 17.7 Å². The molecule has 26 heavy (non-hydrogen) atoms. The molecule has 0 aliphatic carbocycles. The summed E-state index contributed by atoms with van der Waals surface area (Å²) in [4.78, 5) is 5.50. The zero-order valence-electron chi connectivity index (χ0n) is 13.8. The highest BCUT2D eigenvalue weighted by Gasteiger charge is 2.45. The van der Waals surface area contributed by atoms with Crippen molar-refractivity contribution in [3.63, 3.8) is 0 Å². The molecule has 1 spiro atoms. The van der Waals surface area contributed by atoms with Crippen molar-refractivity contribution in [3.8, 4) is 5.75 Å². The van der Waals surface area contributed by atoms with Crippen LogP contribution in [0.1, 0.15) is 34.8 Å². The summed E-state index contributed by atoms with van der Waals surface area (Å²) in [7, 11) is 0. The van der Waals surface area contributed by atoms with Crippen LogP contribution >= 0.6 is 11.6 Å². The van der Waals surface area contributed by atoms with Crippen molar-refractivity contribution in [2.75, 3.05) is 13.1 Å². The number of phenols is 1. The van der Waals surface area contributed by atoms with E-state index in [1.165, 1.54) is 23.3 Å². The lowest BCUT2D eigenvalue weighted by Crippen LogP contribution is -2.56. The third-order valence-electron chi connectivity index (χ3n) is 5.33. The van der Waals surface area contributed by atoms with Gasteiger partial charge in [-0.05, 0) is 34.9 Å². The van der Waals surface area contributed by atoms with Crippen molar-refractivity contribution in [3.05, 3.63) is 63.4 Å². The highest BCUT2D eigenvalue weighted by atomic mass is 35.5. The topological polar surface area (TPSA) is 63.1 Å². The maximum Gasteiger partial charge on any atom is 0.183 e. The van der Waals surface area contributed by atoms with Gasteiger partial charge in [-0.25, -0.2) is 4.39 Å². The molecule has 1 fully saturated rings. The van der Waals surface area contributed by atoms with Crippen LogP contribution in [0.2, 0.25) is 5.02 Å². The predicted octanol–water partition coefficient (Wildman–Crippen LogP) is 3.38. The van der Waals surface area contributed by atoms with E-state index in [0.717, 1.165) is 24.4 Å². The van der Waals surface area contributed by atoms with Crippen molar-refractivity contribution in [1.29, 1.82) is 0 Å². The summed E-state index contributed by atoms with van der Waals surface area (Å²) in [5.41, 5.74) is 4.65. The molecular weight excluding hydrogens is 359 g/mol. The van der Waals surface area contributed by atoms with Gasteiger partial charge in [-0.2, -0.15) is 0 Å². The zero-order chi connectivity index (χ0) is 17.9. The number of ether oxygens (including phenoxy) is 1. The van der Waals surface area contributed by atoms with Crippen LogP contribution in [0.25, 0.3) is 0 Å². The van der Waals surface area contributed by atoms with Crippen molar-refractivity contribution in [1.82, 2.24) is 5.32 Å². The molecule has 3 heterocycles. The maximum atomic E-state index is 13.5. The smallest absolute Gasteiger partial charge is 0.183 e. The average Bonchev–Trinajstić information content (AvgIpc) is 3.23. The van der Waals surface area contributed by atoms with Gasteiger partial charge in [0.05, 0.1) is 17.3 Å². The Bertz CT molecular complexity index is 919. The lowest BCUT2D eigenvalue weighted by molar-refractivity contribution is -0.0746. The first-order chi connectivity index (χ1) is 12.6. The molecular formula is C19H16ClFN2O3. The molecule has 2 N–H and O–H groups in total. The first kappa shape index (κ1) is 16.1. The monoisotopic (exact) mass is 374 g/mol. The molecule has 1 saturated heterocycles. The lowest BCUT2D eigenvalue weighted by Gasteiger charge is -2.39. The third-order valence-corrected chi connectivity index (χ3v) is 5.60. The van der Waals surface area contributed by atoms with Crippen molar-refractivity contribution < 1.29 is 19.1 Å². The largest absolute Gasteiger partial charge is 0.505 e. The van der Waals surface area contributed by atoms with E-state index in [-0.39, 0.29) is 10.6 Å². The van der Waals surface area contributed by atoms with Gasteiger partial charge in [-0.1, -0.05) is 28.9 Å². The molecule has 0 saturated carbocycles. The first-order valence-electron chi connectivity index (χ1n) is 8.45. The Hall–Kier alpha value is -2.15. The molecule has 5 nitrogen and oxygen atoms in total. The van der Waals surface area contributed by atoms with Crippen LogP contribution in [0.15, 0.2) is 35.5 Å². The minimum Gasteiger partial charge on any atom is -0.505 e. The SMILES string of the molecule is Oc1cc([C@@H]2CC(c3ccc4c(c3)COC43CNC3)=NO2)cc(Cl)c1F. The number of nitrogens with one attached hydrogen (secondary N) is 1. The standard InChI is InChI=1S/C19H16ClFN2O3/c20-14-4-11(5-16(24)18(14)21)17-6-15(23-26-17)10-1-2-13-12(3-10)7-25-19(13)8-22-9-19/h1-5,17,22,24H,6-9H2/t17-/m0/s1. The van der Waals surface area contributed by atoms with Gasteiger partial charge in [0.1, 0.15) is 5.60 Å². The molecule has 7 heteroatoms. The van der Waals surface area contributed by atoms with Gasteiger partial charge in [-0.15, -0.1) is 0 Å². The van der Waals surface area contributed by atoms with Crippen LogP contribution in [0.3, 0.4) is 0 Å². The number of benzene rings is 2. The Morgan fingerprint density at radius 3 is 2.85 bits per heavy atom. The number of fused-ring (bicyclic) bond motifs is 2. The number of hydrogen-bond donors (Lipinski definition) is 2. The van der Waals surface area contributed by atoms with Crippen molar-refractivity contribution in [2.45, 2.75) is 24.7 Å². The lowest BCUT2D eigenvalue weighted by atomic mass is 9.86. The van der Waals surface area contributed by atoms with E-state index in [1.54, 1.807) is 0 Å². The fraction of sp³-hybridized carbons (Fsp3) is 0.316. The zero-order valence-corrected chi connectivity index (χ0v) is 14.5. The highest BCUT2D eigenvalue weighted by molar-refractivity contribution is 6.31. The van der Waals surface area contributed by atoms with E-state index < -0.39 is 17.7 Å². The number of hydrogen-bond acceptors (Lipinski definition) is 5. The molecule has 0 bridgehead atoms. The number of phenolic OH excluding ortho intramolecular Hbond substituents is 1. The van der Waals surface area contributed by atoms with E-state index in [1.807, 2.05) is 6.07 Å². The molecule has 3 aliphatic heterocycles. The summed E-state index contributed by atoms with van der Waals surface area (Å²) >= 11 is 5.81. The number of halogens is 2. The third kappa shape index (κ3) is 2.33. The minimum absolute atomic E-state index is 0.133. The van der Waals surface area contributed by atoms with Crippen LogP contribution < -0.4 is 5.32 Å². The van der Waals surface area contributed by atoms with Crippen LogP contribution in [-0.2, 0) is 21.8 Å². The van der Waals surface area contributed by atoms with Gasteiger partial charge in [0, 0.05) is 25.1 Å². The van der Waals surface area contributed by atoms with Crippen LogP contribution in [0, 0.1) is 5.82 Å². The number of aromatic hydroxyl groups is 1. The fourth-order valence-corrected chi connectivity index (χ4v) is 4.01. The maximum absolute atomic E-state index is 13.5. The second-order valence-electron chi connectivity index (χ2n) is 6.93. The van der Waals surface area contributed by atoms with Gasteiger partial charge < -0.3 is 20.0 Å². The molecule has 0 unspecified atom stereocenters. The minimum atomic E-state index is -0.826. The van der Waals surface area contributed by atoms with Gasteiger partial charge in [-0.3, -0.25) is 0 Å². The molecule has 0 radical (unpaired) electrons. The molecule has 0 amide bonds. The van der Waals surface area contributed by atoms with Crippen LogP contribution in [0.4, 0.5) is 4.39 Å². The predicted molar refractivity (Wildman–Crippen MR) is 93.8 cm³/mol. The second-order valence-corrected chi connectivity index (χ2v) is 7.34. The number of oxime groups is 1. The summed E-state index contributed by atoms with van der Waals surface area (Å²) < 4.78 is 19.5. The summed E-state index contributed by atoms with van der Waals surface area (Å²) in [6, 6.07) is 9.03. The number of rotatable bonds is 2. The summed E-state index contributed by atoms with van der Waals surface area (Å²) in [5.74, 6) is -1.31. The molecule has 3 aliphatic rings. The van der Waals surface area contributed by atoms with E-state index in [2.05, 4.69) is 22.6 Å². The Balaban J connectivity index is 1.38. The quantitative estimate of drug-likeness (QED) is 0.846. The second kappa shape index (κ2) is 5.67. The molecule has 1 atom stereocenters. The molecule has 134 valence electrons. The van der Waals surface area contributed by atoms with Crippen molar-refractivity contribution >= 4 is 17.3 Å². The van der Waals surface area contributed by atoms with Gasteiger partial charge in [0.25, 0.3) is 0 Å².